The zero-order chi connectivity index (χ0) is 14.7. The molecule has 0 saturated heterocycles. The summed E-state index contributed by atoms with van der Waals surface area (Å²) in [7, 11) is 0. The minimum absolute atomic E-state index is 0.120. The van der Waals surface area contributed by atoms with E-state index in [2.05, 4.69) is 15.9 Å². The van der Waals surface area contributed by atoms with Crippen molar-refractivity contribution in [2.45, 2.75) is 19.9 Å². The first-order valence-corrected chi connectivity index (χ1v) is 7.13. The van der Waals surface area contributed by atoms with Gasteiger partial charge in [-0.3, -0.25) is 4.79 Å². The lowest BCUT2D eigenvalue weighted by atomic mass is 10.1. The van der Waals surface area contributed by atoms with Gasteiger partial charge in [0, 0.05) is 6.54 Å². The Morgan fingerprint density at radius 2 is 2.00 bits per heavy atom. The Morgan fingerprint density at radius 3 is 2.50 bits per heavy atom. The fourth-order valence-corrected chi connectivity index (χ4v) is 2.53. The first kappa shape index (κ1) is 14.8. The molecule has 5 heteroatoms. The number of carbonyl (C=O) groups excluding carboxylic acids is 1. The van der Waals surface area contributed by atoms with E-state index in [9.17, 15) is 9.18 Å². The van der Waals surface area contributed by atoms with Crippen LogP contribution < -0.4 is 0 Å². The van der Waals surface area contributed by atoms with Crippen molar-refractivity contribution in [1.82, 2.24) is 4.90 Å². The van der Waals surface area contributed by atoms with E-state index >= 15 is 0 Å². The van der Waals surface area contributed by atoms with Crippen molar-refractivity contribution in [3.8, 4) is 0 Å². The van der Waals surface area contributed by atoms with Crippen LogP contribution in [-0.2, 0) is 0 Å². The highest BCUT2D eigenvalue weighted by atomic mass is 79.9. The summed E-state index contributed by atoms with van der Waals surface area (Å²) in [4.78, 5) is 14.2. The molecule has 1 atom stereocenters. The first-order chi connectivity index (χ1) is 9.54. The second-order valence-electron chi connectivity index (χ2n) is 4.43. The van der Waals surface area contributed by atoms with Crippen molar-refractivity contribution in [3.63, 3.8) is 0 Å². The lowest BCUT2D eigenvalue weighted by Crippen LogP contribution is -2.33. The molecule has 0 N–H and O–H groups in total. The molecular weight excluding hydrogens is 325 g/mol. The molecule has 0 spiro atoms. The molecule has 1 aromatic carbocycles. The van der Waals surface area contributed by atoms with Crippen molar-refractivity contribution < 1.29 is 13.6 Å². The fourth-order valence-electron chi connectivity index (χ4n) is 2.12. The molecule has 1 heterocycles. The molecule has 3 nitrogen and oxygen atoms in total. The Labute approximate surface area is 125 Å². The van der Waals surface area contributed by atoms with Crippen LogP contribution in [0.15, 0.2) is 45.7 Å². The van der Waals surface area contributed by atoms with E-state index in [0.29, 0.717) is 16.8 Å². The molecule has 0 radical (unpaired) electrons. The van der Waals surface area contributed by atoms with E-state index < -0.39 is 0 Å². The van der Waals surface area contributed by atoms with Gasteiger partial charge in [-0.15, -0.1) is 0 Å². The number of amides is 1. The summed E-state index contributed by atoms with van der Waals surface area (Å²) >= 11 is 3.22. The Kier molecular flexibility index (Phi) is 4.60. The van der Waals surface area contributed by atoms with Crippen molar-refractivity contribution in [2.24, 2.45) is 0 Å². The quantitative estimate of drug-likeness (QED) is 0.826. The predicted octanol–water partition coefficient (Wildman–Crippen LogP) is 4.40. The van der Waals surface area contributed by atoms with Gasteiger partial charge in [0.15, 0.2) is 4.67 Å². The molecule has 20 heavy (non-hydrogen) atoms. The SMILES string of the molecule is CCN(C(=O)c1ccoc1Br)C(C)c1ccc(F)cc1. The number of benzene rings is 1. The van der Waals surface area contributed by atoms with Crippen molar-refractivity contribution in [3.05, 3.63) is 58.2 Å². The van der Waals surface area contributed by atoms with Gasteiger partial charge in [0.2, 0.25) is 0 Å². The maximum absolute atomic E-state index is 13.0. The van der Waals surface area contributed by atoms with E-state index in [1.165, 1.54) is 18.4 Å². The maximum atomic E-state index is 13.0. The lowest BCUT2D eigenvalue weighted by Gasteiger charge is -2.28. The van der Waals surface area contributed by atoms with Gasteiger partial charge in [-0.2, -0.15) is 0 Å². The van der Waals surface area contributed by atoms with Crippen LogP contribution in [0.1, 0.15) is 35.8 Å². The number of rotatable bonds is 4. The third-order valence-electron chi connectivity index (χ3n) is 3.27. The normalized spacial score (nSPS) is 12.2. The number of halogens is 2. The molecule has 1 amide bonds. The van der Waals surface area contributed by atoms with Crippen molar-refractivity contribution in [2.75, 3.05) is 6.54 Å². The molecule has 2 rings (SSSR count). The molecule has 0 fully saturated rings. The molecular formula is C15H15BrFNO2. The van der Waals surface area contributed by atoms with Crippen molar-refractivity contribution >= 4 is 21.8 Å². The predicted molar refractivity (Wildman–Crippen MR) is 77.9 cm³/mol. The summed E-state index contributed by atoms with van der Waals surface area (Å²) in [5.74, 6) is -0.405. The Morgan fingerprint density at radius 1 is 1.35 bits per heavy atom. The number of hydrogen-bond donors (Lipinski definition) is 0. The number of hydrogen-bond acceptors (Lipinski definition) is 2. The topological polar surface area (TPSA) is 33.5 Å². The molecule has 1 aromatic heterocycles. The van der Waals surface area contributed by atoms with E-state index in [1.54, 1.807) is 23.1 Å². The number of nitrogens with zero attached hydrogens (tertiary/aromatic N) is 1. The van der Waals surface area contributed by atoms with Crippen LogP contribution in [0.3, 0.4) is 0 Å². The summed E-state index contributed by atoms with van der Waals surface area (Å²) in [5, 5.41) is 0. The van der Waals surface area contributed by atoms with Crippen LogP contribution in [0.5, 0.6) is 0 Å². The van der Waals surface area contributed by atoms with E-state index in [0.717, 1.165) is 5.56 Å². The molecule has 0 aliphatic carbocycles. The summed E-state index contributed by atoms with van der Waals surface area (Å²) in [6, 6.07) is 7.68. The molecule has 106 valence electrons. The third kappa shape index (κ3) is 2.93. The van der Waals surface area contributed by atoms with E-state index in [1.807, 2.05) is 13.8 Å². The molecule has 0 saturated carbocycles. The standard InChI is InChI=1S/C15H15BrFNO2/c1-3-18(15(19)13-8-9-20-14(13)16)10(2)11-4-6-12(17)7-5-11/h4-10H,3H2,1-2H3. The zero-order valence-electron chi connectivity index (χ0n) is 11.3. The second kappa shape index (κ2) is 6.22. The van der Waals surface area contributed by atoms with Crippen LogP contribution >= 0.6 is 15.9 Å². The highest BCUT2D eigenvalue weighted by Crippen LogP contribution is 2.25. The van der Waals surface area contributed by atoms with Gasteiger partial charge in [0.25, 0.3) is 5.91 Å². The Balaban J connectivity index is 2.25. The molecule has 2 aromatic rings. The van der Waals surface area contributed by atoms with Gasteiger partial charge < -0.3 is 9.32 Å². The monoisotopic (exact) mass is 339 g/mol. The molecule has 0 aliphatic heterocycles. The summed E-state index contributed by atoms with van der Waals surface area (Å²) < 4.78 is 18.5. The molecule has 0 aliphatic rings. The summed E-state index contributed by atoms with van der Waals surface area (Å²) in [6.07, 6.45) is 1.47. The zero-order valence-corrected chi connectivity index (χ0v) is 12.9. The van der Waals surface area contributed by atoms with Gasteiger partial charge in [-0.25, -0.2) is 4.39 Å². The summed E-state index contributed by atoms with van der Waals surface area (Å²) in [6.45, 7) is 4.38. The Bertz CT molecular complexity index is 594. The third-order valence-corrected chi connectivity index (χ3v) is 3.88. The molecule has 1 unspecified atom stereocenters. The highest BCUT2D eigenvalue weighted by molar-refractivity contribution is 9.10. The maximum Gasteiger partial charge on any atom is 0.258 e. The minimum atomic E-state index is -0.284. The van der Waals surface area contributed by atoms with Gasteiger partial charge >= 0.3 is 0 Å². The van der Waals surface area contributed by atoms with E-state index in [4.69, 9.17) is 4.42 Å². The molecule has 0 bridgehead atoms. The lowest BCUT2D eigenvalue weighted by molar-refractivity contribution is 0.0700. The largest absolute Gasteiger partial charge is 0.457 e. The second-order valence-corrected chi connectivity index (χ2v) is 5.15. The van der Waals surface area contributed by atoms with Gasteiger partial charge in [-0.1, -0.05) is 12.1 Å². The first-order valence-electron chi connectivity index (χ1n) is 6.34. The highest BCUT2D eigenvalue weighted by Gasteiger charge is 2.24. The average molecular weight is 340 g/mol. The van der Waals surface area contributed by atoms with Crippen LogP contribution in [-0.4, -0.2) is 17.4 Å². The average Bonchev–Trinajstić information content (AvgIpc) is 2.86. The smallest absolute Gasteiger partial charge is 0.258 e. The van der Waals surface area contributed by atoms with Crippen LogP contribution in [0, 0.1) is 5.82 Å². The van der Waals surface area contributed by atoms with Crippen LogP contribution in [0.2, 0.25) is 0 Å². The van der Waals surface area contributed by atoms with Crippen LogP contribution in [0.25, 0.3) is 0 Å². The van der Waals surface area contributed by atoms with Crippen LogP contribution in [0.4, 0.5) is 4.39 Å². The van der Waals surface area contributed by atoms with Crippen molar-refractivity contribution in [1.29, 1.82) is 0 Å². The van der Waals surface area contributed by atoms with Gasteiger partial charge in [-0.05, 0) is 53.5 Å². The summed E-state index contributed by atoms with van der Waals surface area (Å²) in [5.41, 5.74) is 1.38. The number of furan rings is 1. The van der Waals surface area contributed by atoms with E-state index in [-0.39, 0.29) is 17.8 Å². The Hall–Kier alpha value is -1.62. The van der Waals surface area contributed by atoms with Gasteiger partial charge in [0.05, 0.1) is 17.9 Å². The van der Waals surface area contributed by atoms with Gasteiger partial charge in [0.1, 0.15) is 5.82 Å². The fraction of sp³-hybridized carbons (Fsp3) is 0.267. The number of carbonyl (C=O) groups is 1. The minimum Gasteiger partial charge on any atom is -0.457 e.